The van der Waals surface area contributed by atoms with Crippen LogP contribution in [-0.4, -0.2) is 39.7 Å². The number of likely N-dealkylation sites (tertiary alicyclic amines) is 1. The third-order valence-electron chi connectivity index (χ3n) is 6.54. The van der Waals surface area contributed by atoms with Crippen molar-refractivity contribution < 1.29 is 9.90 Å². The molecule has 1 amide bonds. The number of nitrogens with zero attached hydrogens (tertiary/aromatic N) is 2. The summed E-state index contributed by atoms with van der Waals surface area (Å²) in [7, 11) is 0. The van der Waals surface area contributed by atoms with Crippen LogP contribution in [-0.2, 0) is 11.3 Å². The van der Waals surface area contributed by atoms with Crippen LogP contribution in [0.5, 0.6) is 0 Å². The number of carbonyl (C=O) groups excluding carboxylic acids is 1. The van der Waals surface area contributed by atoms with Gasteiger partial charge in [0.15, 0.2) is 0 Å². The number of pyridine rings is 1. The monoisotopic (exact) mass is 379 g/mol. The molecule has 28 heavy (non-hydrogen) atoms. The lowest BCUT2D eigenvalue weighted by molar-refractivity contribution is -0.122. The van der Waals surface area contributed by atoms with E-state index in [4.69, 9.17) is 0 Å². The lowest BCUT2D eigenvalue weighted by Crippen LogP contribution is -2.46. The molecule has 1 saturated carbocycles. The second-order valence-corrected chi connectivity index (χ2v) is 8.29. The smallest absolute Gasteiger partial charge is 0.250 e. The zero-order chi connectivity index (χ0) is 19.3. The predicted octanol–water partition coefficient (Wildman–Crippen LogP) is 1.86. The van der Waals surface area contributed by atoms with E-state index in [0.29, 0.717) is 12.5 Å². The van der Waals surface area contributed by atoms with Crippen molar-refractivity contribution in [2.45, 2.75) is 31.5 Å². The Balaban J connectivity index is 1.51. The zero-order valence-corrected chi connectivity index (χ0v) is 15.7. The topological polar surface area (TPSA) is 74.6 Å². The molecule has 1 aliphatic carbocycles. The fourth-order valence-corrected chi connectivity index (χ4v) is 5.10. The van der Waals surface area contributed by atoms with Crippen molar-refractivity contribution >= 4 is 11.6 Å². The highest BCUT2D eigenvalue weighted by Crippen LogP contribution is 2.50. The van der Waals surface area contributed by atoms with Gasteiger partial charge in [0.1, 0.15) is 0 Å². The number of aliphatic hydroxyl groups is 1. The minimum atomic E-state index is -0.384. The van der Waals surface area contributed by atoms with Crippen molar-refractivity contribution in [1.82, 2.24) is 9.47 Å². The van der Waals surface area contributed by atoms with Crippen LogP contribution in [0.4, 0.5) is 5.69 Å². The number of aliphatic hydroxyl groups excluding tert-OH is 1. The van der Waals surface area contributed by atoms with E-state index >= 15 is 0 Å². The number of nitrogens with one attached hydrogen (secondary N) is 1. The molecule has 2 aliphatic heterocycles. The Hall–Kier alpha value is -2.44. The number of hydrogen-bond acceptors (Lipinski definition) is 4. The number of rotatable bonds is 5. The summed E-state index contributed by atoms with van der Waals surface area (Å²) in [6.45, 7) is 1.35. The summed E-state index contributed by atoms with van der Waals surface area (Å²) in [5.74, 6) is 0.428. The quantitative estimate of drug-likeness (QED) is 0.832. The van der Waals surface area contributed by atoms with Crippen molar-refractivity contribution in [3.8, 4) is 0 Å². The fourth-order valence-electron chi connectivity index (χ4n) is 5.10. The molecule has 0 bridgehead atoms. The van der Waals surface area contributed by atoms with Gasteiger partial charge in [0.25, 0.3) is 5.56 Å². The summed E-state index contributed by atoms with van der Waals surface area (Å²) in [5.41, 5.74) is 1.75. The van der Waals surface area contributed by atoms with Crippen molar-refractivity contribution in [2.75, 3.05) is 18.5 Å². The number of benzene rings is 1. The summed E-state index contributed by atoms with van der Waals surface area (Å²) >= 11 is 0. The third kappa shape index (κ3) is 2.88. The molecule has 3 heterocycles. The first kappa shape index (κ1) is 17.6. The highest BCUT2D eigenvalue weighted by Gasteiger charge is 2.56. The van der Waals surface area contributed by atoms with E-state index in [0.717, 1.165) is 17.9 Å². The van der Waals surface area contributed by atoms with Crippen LogP contribution >= 0.6 is 0 Å². The van der Waals surface area contributed by atoms with E-state index in [1.165, 1.54) is 12.8 Å². The van der Waals surface area contributed by atoms with Crippen molar-refractivity contribution in [1.29, 1.82) is 0 Å². The van der Waals surface area contributed by atoms with Gasteiger partial charge in [-0.3, -0.25) is 14.5 Å². The zero-order valence-electron chi connectivity index (χ0n) is 15.7. The largest absolute Gasteiger partial charge is 0.396 e. The summed E-state index contributed by atoms with van der Waals surface area (Å²) in [6.07, 6.45) is 2.37. The Morgan fingerprint density at radius 3 is 2.61 bits per heavy atom. The number of amides is 1. The number of carbonyl (C=O) groups is 1. The predicted molar refractivity (Wildman–Crippen MR) is 106 cm³/mol. The second kappa shape index (κ2) is 6.87. The molecule has 5 rings (SSSR count). The average Bonchev–Trinajstić information content (AvgIpc) is 3.35. The summed E-state index contributed by atoms with van der Waals surface area (Å²) in [6, 6.07) is 14.5. The summed E-state index contributed by atoms with van der Waals surface area (Å²) in [4.78, 5) is 27.9. The van der Waals surface area contributed by atoms with Gasteiger partial charge in [0.05, 0.1) is 12.1 Å². The van der Waals surface area contributed by atoms with Crippen LogP contribution in [0.3, 0.4) is 0 Å². The van der Waals surface area contributed by atoms with E-state index in [2.05, 4.69) is 10.2 Å². The maximum Gasteiger partial charge on any atom is 0.250 e. The molecule has 2 fully saturated rings. The number of aromatic nitrogens is 1. The van der Waals surface area contributed by atoms with Gasteiger partial charge in [-0.25, -0.2) is 0 Å². The van der Waals surface area contributed by atoms with E-state index in [1.807, 2.05) is 41.0 Å². The molecule has 6 heteroatoms. The Kier molecular flexibility index (Phi) is 4.33. The number of anilines is 1. The molecule has 1 aromatic heterocycles. The van der Waals surface area contributed by atoms with E-state index in [1.54, 1.807) is 12.1 Å². The van der Waals surface area contributed by atoms with Gasteiger partial charge in [-0.05, 0) is 37.0 Å². The fraction of sp³-hybridized carbons (Fsp3) is 0.455. The Bertz CT molecular complexity index is 938. The molecule has 146 valence electrons. The molecule has 4 atom stereocenters. The van der Waals surface area contributed by atoms with Crippen molar-refractivity contribution in [3.05, 3.63) is 64.6 Å². The average molecular weight is 379 g/mol. The first-order valence-electron chi connectivity index (χ1n) is 10.1. The first-order chi connectivity index (χ1) is 13.7. The molecular weight excluding hydrogens is 354 g/mol. The van der Waals surface area contributed by atoms with Crippen molar-refractivity contribution in [2.24, 2.45) is 17.8 Å². The van der Waals surface area contributed by atoms with Crippen LogP contribution in [0.2, 0.25) is 0 Å². The molecule has 1 saturated heterocycles. The number of para-hydroxylation sites is 1. The van der Waals surface area contributed by atoms with Crippen LogP contribution in [0.15, 0.2) is 53.3 Å². The normalized spacial score (nSPS) is 28.8. The molecule has 3 aliphatic rings. The van der Waals surface area contributed by atoms with E-state index < -0.39 is 0 Å². The maximum absolute atomic E-state index is 13.3. The van der Waals surface area contributed by atoms with Gasteiger partial charge < -0.3 is 15.0 Å². The molecule has 0 unspecified atom stereocenters. The standard InChI is InChI=1S/C22H25N3O3/c26-13-17-16-12-24-18(7-4-8-19(24)27)20(16)25(11-14-9-10-14)21(17)22(28)23-15-5-2-1-3-6-15/h1-8,14,16-17,20-21,26H,9-13H2,(H,23,28)/t16-,17-,20+,21-/m0/s1. The lowest BCUT2D eigenvalue weighted by Gasteiger charge is -2.30. The molecule has 6 nitrogen and oxygen atoms in total. The Morgan fingerprint density at radius 2 is 1.89 bits per heavy atom. The molecule has 2 aromatic rings. The number of fused-ring (bicyclic) bond motifs is 3. The van der Waals surface area contributed by atoms with Crippen LogP contribution in [0.25, 0.3) is 0 Å². The second-order valence-electron chi connectivity index (χ2n) is 8.29. The first-order valence-corrected chi connectivity index (χ1v) is 10.1. The third-order valence-corrected chi connectivity index (χ3v) is 6.54. The lowest BCUT2D eigenvalue weighted by atomic mass is 9.88. The molecule has 0 radical (unpaired) electrons. The van der Waals surface area contributed by atoms with Crippen LogP contribution in [0, 0.1) is 17.8 Å². The van der Waals surface area contributed by atoms with Gasteiger partial charge in [0.2, 0.25) is 5.91 Å². The minimum absolute atomic E-state index is 0.000230. The van der Waals surface area contributed by atoms with Gasteiger partial charge in [-0.2, -0.15) is 0 Å². The Labute approximate surface area is 163 Å². The minimum Gasteiger partial charge on any atom is -0.396 e. The van der Waals surface area contributed by atoms with Gasteiger partial charge in [0, 0.05) is 49.0 Å². The molecule has 1 aromatic carbocycles. The summed E-state index contributed by atoms with van der Waals surface area (Å²) in [5, 5.41) is 13.3. The van der Waals surface area contributed by atoms with E-state index in [-0.39, 0.29) is 42.0 Å². The molecular formula is C22H25N3O3. The van der Waals surface area contributed by atoms with Gasteiger partial charge in [-0.15, -0.1) is 0 Å². The van der Waals surface area contributed by atoms with Crippen LogP contribution in [0.1, 0.15) is 24.6 Å². The SMILES string of the molecule is O=C(Nc1ccccc1)[C@@H]1[C@@H](CO)[C@@H]2Cn3c(cccc3=O)[C@@H]2N1CC1CC1. The van der Waals surface area contributed by atoms with Gasteiger partial charge in [-0.1, -0.05) is 24.3 Å². The molecule has 0 spiro atoms. The highest BCUT2D eigenvalue weighted by molar-refractivity contribution is 5.95. The van der Waals surface area contributed by atoms with E-state index in [9.17, 15) is 14.7 Å². The summed E-state index contributed by atoms with van der Waals surface area (Å²) < 4.78 is 1.82. The maximum atomic E-state index is 13.3. The van der Waals surface area contributed by atoms with Crippen LogP contribution < -0.4 is 10.9 Å². The highest BCUT2D eigenvalue weighted by atomic mass is 16.3. The van der Waals surface area contributed by atoms with Gasteiger partial charge >= 0.3 is 0 Å². The number of hydrogen-bond donors (Lipinski definition) is 2. The Morgan fingerprint density at radius 1 is 1.11 bits per heavy atom. The van der Waals surface area contributed by atoms with Crippen molar-refractivity contribution in [3.63, 3.8) is 0 Å². The molecule has 2 N–H and O–H groups in total.